The normalized spacial score (nSPS) is 17.4. The molecule has 0 aromatic carbocycles. The van der Waals surface area contributed by atoms with Crippen molar-refractivity contribution in [3.63, 3.8) is 0 Å². The topological polar surface area (TPSA) is 104 Å². The lowest BCUT2D eigenvalue weighted by atomic mass is 10.5. The van der Waals surface area contributed by atoms with Gasteiger partial charge >= 0.3 is 8.80 Å². The van der Waals surface area contributed by atoms with Gasteiger partial charge in [0.25, 0.3) is 0 Å². The zero-order chi connectivity index (χ0) is 19.1. The van der Waals surface area contributed by atoms with Crippen LogP contribution in [0.2, 0.25) is 6.04 Å². The highest BCUT2D eigenvalue weighted by atomic mass is 28.4. The Bertz CT molecular complexity index is 336. The van der Waals surface area contributed by atoms with Crippen LogP contribution >= 0.6 is 0 Å². The fourth-order valence-electron chi connectivity index (χ4n) is 2.17. The van der Waals surface area contributed by atoms with Gasteiger partial charge in [-0.1, -0.05) is 25.9 Å². The average molecular weight is 380 g/mol. The molecule has 0 heterocycles. The van der Waals surface area contributed by atoms with E-state index in [1.807, 2.05) is 20.8 Å². The first kappa shape index (κ1) is 24.3. The zero-order valence-corrected chi connectivity index (χ0v) is 17.3. The second-order valence-corrected chi connectivity index (χ2v) is 7.89. The Morgan fingerprint density at radius 3 is 1.52 bits per heavy atom. The summed E-state index contributed by atoms with van der Waals surface area (Å²) in [6.45, 7) is 6.19. The van der Waals surface area contributed by atoms with Crippen molar-refractivity contribution in [1.29, 1.82) is 0 Å². The maximum absolute atomic E-state index is 8.48. The predicted octanol–water partition coefficient (Wildman–Crippen LogP) is 3.82. The van der Waals surface area contributed by atoms with E-state index in [-0.39, 0.29) is 0 Å². The summed E-state index contributed by atoms with van der Waals surface area (Å²) in [5.74, 6) is 0. The molecule has 0 spiro atoms. The van der Waals surface area contributed by atoms with Crippen LogP contribution in [-0.4, -0.2) is 55.5 Å². The summed E-state index contributed by atoms with van der Waals surface area (Å²) in [6.07, 6.45) is 1.10. The third-order valence-corrected chi connectivity index (χ3v) is 6.36. The molecule has 9 nitrogen and oxygen atoms in total. The summed E-state index contributed by atoms with van der Waals surface area (Å²) in [6, 6.07) is 0.464. The lowest BCUT2D eigenvalue weighted by Gasteiger charge is -2.36. The van der Waals surface area contributed by atoms with E-state index in [2.05, 4.69) is 10.0 Å². The molecule has 0 saturated carbocycles. The highest BCUT2D eigenvalue weighted by molar-refractivity contribution is 6.60. The van der Waals surface area contributed by atoms with Crippen LogP contribution in [-0.2, 0) is 27.5 Å². The van der Waals surface area contributed by atoms with Gasteiger partial charge in [-0.3, -0.25) is 0 Å². The van der Waals surface area contributed by atoms with Crippen molar-refractivity contribution >= 4 is 8.80 Å². The van der Waals surface area contributed by atoms with Crippen LogP contribution in [0, 0.1) is 0 Å². The molecule has 148 valence electrons. The van der Waals surface area contributed by atoms with Crippen LogP contribution < -0.4 is 0 Å². The first-order valence-electron chi connectivity index (χ1n) is 8.67. The molecule has 25 heavy (non-hydrogen) atoms. The summed E-state index contributed by atoms with van der Waals surface area (Å²) >= 11 is 0. The van der Waals surface area contributed by atoms with Crippen molar-refractivity contribution in [3.8, 4) is 0 Å². The first-order valence-corrected chi connectivity index (χ1v) is 10.6. The molecule has 0 radical (unpaired) electrons. The molecule has 0 aliphatic rings. The number of ether oxygens (including phenoxy) is 3. The predicted molar refractivity (Wildman–Crippen MR) is 95.7 cm³/mol. The number of hydrogen-bond donors (Lipinski definition) is 0. The van der Waals surface area contributed by atoms with Crippen LogP contribution in [0.3, 0.4) is 0 Å². The largest absolute Gasteiger partial charge is 0.506 e. The second-order valence-electron chi connectivity index (χ2n) is 5.32. The van der Waals surface area contributed by atoms with E-state index in [1.165, 1.54) is 0 Å². The lowest BCUT2D eigenvalue weighted by molar-refractivity contribution is -0.176. The third-order valence-electron chi connectivity index (χ3n) is 3.53. The van der Waals surface area contributed by atoms with E-state index >= 15 is 0 Å². The molecule has 0 aromatic heterocycles. The van der Waals surface area contributed by atoms with Gasteiger partial charge < -0.3 is 27.5 Å². The number of hydrogen-bond acceptors (Lipinski definition) is 7. The smallest absolute Gasteiger partial charge is 0.357 e. The molecule has 0 fully saturated rings. The Morgan fingerprint density at radius 1 is 0.840 bits per heavy atom. The van der Waals surface area contributed by atoms with Crippen LogP contribution in [0.1, 0.15) is 46.5 Å². The quantitative estimate of drug-likeness (QED) is 0.101. The van der Waals surface area contributed by atoms with Crippen molar-refractivity contribution in [2.75, 3.05) is 27.9 Å². The van der Waals surface area contributed by atoms with Gasteiger partial charge in [0.15, 0.2) is 18.9 Å². The summed E-state index contributed by atoms with van der Waals surface area (Å²) in [5, 5.41) is 3.58. The number of rotatable bonds is 16. The monoisotopic (exact) mass is 379 g/mol. The number of nitrogens with zero attached hydrogens (tertiary/aromatic N) is 3. The fourth-order valence-corrected chi connectivity index (χ4v) is 5.27. The molecular formula is C15H33N3O6Si. The minimum atomic E-state index is -3.22. The van der Waals surface area contributed by atoms with E-state index in [9.17, 15) is 0 Å². The minimum absolute atomic E-state index is 0.332. The highest BCUT2D eigenvalue weighted by Gasteiger charge is 2.47. The van der Waals surface area contributed by atoms with Gasteiger partial charge in [-0.25, -0.2) is 0 Å². The molecule has 10 heteroatoms. The van der Waals surface area contributed by atoms with Crippen molar-refractivity contribution in [3.05, 3.63) is 10.4 Å². The number of methoxy groups -OCH3 is 3. The molecule has 3 atom stereocenters. The van der Waals surface area contributed by atoms with Crippen molar-refractivity contribution in [2.45, 2.75) is 71.4 Å². The van der Waals surface area contributed by atoms with E-state index < -0.39 is 27.7 Å². The Morgan fingerprint density at radius 2 is 1.24 bits per heavy atom. The molecular weight excluding hydrogens is 346 g/mol. The van der Waals surface area contributed by atoms with Gasteiger partial charge in [-0.05, 0) is 31.2 Å². The Kier molecular flexibility index (Phi) is 14.0. The van der Waals surface area contributed by atoms with E-state index in [1.54, 1.807) is 21.3 Å². The minimum Gasteiger partial charge on any atom is -0.357 e. The van der Waals surface area contributed by atoms with E-state index in [0.717, 1.165) is 0 Å². The van der Waals surface area contributed by atoms with Gasteiger partial charge in [-0.2, -0.15) is 0 Å². The Labute approximate surface area is 151 Å². The molecule has 0 amide bonds. The molecule has 0 saturated heterocycles. The van der Waals surface area contributed by atoms with Crippen LogP contribution in [0.15, 0.2) is 5.11 Å². The third kappa shape index (κ3) is 9.52. The highest BCUT2D eigenvalue weighted by Crippen LogP contribution is 2.26. The van der Waals surface area contributed by atoms with E-state index in [4.69, 9.17) is 33.0 Å². The maximum atomic E-state index is 8.48. The summed E-state index contributed by atoms with van der Waals surface area (Å²) in [4.78, 5) is 2.78. The van der Waals surface area contributed by atoms with Gasteiger partial charge in [0, 0.05) is 38.8 Å². The molecule has 0 aliphatic carbocycles. The lowest BCUT2D eigenvalue weighted by Crippen LogP contribution is -2.53. The maximum Gasteiger partial charge on any atom is 0.506 e. The van der Waals surface area contributed by atoms with Gasteiger partial charge in [0.2, 0.25) is 0 Å². The molecule has 0 N–H and O–H groups in total. The molecule has 0 aromatic rings. The second kappa shape index (κ2) is 14.5. The SMILES string of the molecule is CCC(OC)O[Si](CCCN=[N+]=[N-])(OC(CC)OC)OC(CC)OC. The van der Waals surface area contributed by atoms with Crippen LogP contribution in [0.4, 0.5) is 0 Å². The average Bonchev–Trinajstić information content (AvgIpc) is 2.65. The standard InChI is InChI=1S/C15H33N3O6Si/c1-7-13(19-4)22-25(12-10-11-17-18-16,23-14(8-2)20-5)24-15(9-3)21-6/h13-15H,7-12H2,1-6H3. The zero-order valence-electron chi connectivity index (χ0n) is 16.3. The number of azide groups is 1. The fraction of sp³-hybridized carbons (Fsp3) is 1.00. The van der Waals surface area contributed by atoms with Gasteiger partial charge in [-0.15, -0.1) is 0 Å². The Hall–Kier alpha value is -0.713. The van der Waals surface area contributed by atoms with Crippen molar-refractivity contribution < 1.29 is 27.5 Å². The van der Waals surface area contributed by atoms with Crippen molar-refractivity contribution in [2.24, 2.45) is 5.11 Å². The summed E-state index contributed by atoms with van der Waals surface area (Å²) in [7, 11) is 1.51. The molecule has 3 unspecified atom stereocenters. The van der Waals surface area contributed by atoms with E-state index in [0.29, 0.717) is 38.3 Å². The molecule has 0 bridgehead atoms. The van der Waals surface area contributed by atoms with Gasteiger partial charge in [0.05, 0.1) is 0 Å². The molecule has 0 aliphatic heterocycles. The first-order chi connectivity index (χ1) is 12.0. The van der Waals surface area contributed by atoms with Crippen molar-refractivity contribution in [1.82, 2.24) is 0 Å². The Balaban J connectivity index is 5.49. The van der Waals surface area contributed by atoms with Crippen LogP contribution in [0.5, 0.6) is 0 Å². The molecule has 0 rings (SSSR count). The van der Waals surface area contributed by atoms with Gasteiger partial charge in [0.1, 0.15) is 0 Å². The van der Waals surface area contributed by atoms with Crippen LogP contribution in [0.25, 0.3) is 10.4 Å². The summed E-state index contributed by atoms with van der Waals surface area (Å²) in [5.41, 5.74) is 8.48. The summed E-state index contributed by atoms with van der Waals surface area (Å²) < 4.78 is 34.6.